The van der Waals surface area contributed by atoms with E-state index in [2.05, 4.69) is 31.9 Å². The number of ether oxygens (including phenoxy) is 1. The van der Waals surface area contributed by atoms with Gasteiger partial charge in [0.1, 0.15) is 11.5 Å². The molecule has 104 valence electrons. The van der Waals surface area contributed by atoms with E-state index in [9.17, 15) is 10.1 Å². The second kappa shape index (κ2) is 6.56. The molecule has 0 atom stereocenters. The van der Waals surface area contributed by atoms with Crippen LogP contribution in [0.3, 0.4) is 0 Å². The fourth-order valence-electron chi connectivity index (χ4n) is 1.55. The number of nitro groups is 1. The minimum atomic E-state index is -0.466. The maximum atomic E-state index is 10.8. The van der Waals surface area contributed by atoms with Gasteiger partial charge in [-0.05, 0) is 40.2 Å². The van der Waals surface area contributed by atoms with E-state index in [1.165, 1.54) is 12.1 Å². The van der Waals surface area contributed by atoms with Crippen LogP contribution in [0.2, 0.25) is 5.02 Å². The average molecular weight is 421 g/mol. The molecule has 0 aliphatic rings. The highest BCUT2D eigenvalue weighted by atomic mass is 79.9. The topological polar surface area (TPSA) is 52.4 Å². The monoisotopic (exact) mass is 419 g/mol. The lowest BCUT2D eigenvalue weighted by atomic mass is 10.2. The van der Waals surface area contributed by atoms with E-state index in [1.54, 1.807) is 24.3 Å². The van der Waals surface area contributed by atoms with E-state index in [1.807, 2.05) is 0 Å². The van der Waals surface area contributed by atoms with Crippen molar-refractivity contribution in [1.82, 2.24) is 0 Å². The third kappa shape index (κ3) is 3.50. The Morgan fingerprint density at radius 1 is 1.20 bits per heavy atom. The van der Waals surface area contributed by atoms with Gasteiger partial charge in [0.25, 0.3) is 5.69 Å². The van der Waals surface area contributed by atoms with Crippen molar-refractivity contribution in [2.45, 2.75) is 5.33 Å². The van der Waals surface area contributed by atoms with E-state index in [4.69, 9.17) is 16.3 Å². The number of benzene rings is 2. The Morgan fingerprint density at radius 2 is 1.95 bits per heavy atom. The molecule has 0 aliphatic carbocycles. The van der Waals surface area contributed by atoms with Gasteiger partial charge in [-0.3, -0.25) is 10.1 Å². The zero-order chi connectivity index (χ0) is 14.7. The molecular formula is C13H8Br2ClNO3. The van der Waals surface area contributed by atoms with Gasteiger partial charge in [-0.15, -0.1) is 0 Å². The number of hydrogen-bond acceptors (Lipinski definition) is 3. The number of hydrogen-bond donors (Lipinski definition) is 0. The average Bonchev–Trinajstić information content (AvgIpc) is 2.42. The Labute approximate surface area is 137 Å². The molecule has 2 rings (SSSR count). The summed E-state index contributed by atoms with van der Waals surface area (Å²) in [6.45, 7) is 0. The highest BCUT2D eigenvalue weighted by Crippen LogP contribution is 2.35. The van der Waals surface area contributed by atoms with Crippen molar-refractivity contribution < 1.29 is 9.66 Å². The summed E-state index contributed by atoms with van der Waals surface area (Å²) in [4.78, 5) is 10.3. The van der Waals surface area contributed by atoms with E-state index in [0.29, 0.717) is 26.3 Å². The molecule has 4 nitrogen and oxygen atoms in total. The molecule has 0 aliphatic heterocycles. The molecule has 0 saturated heterocycles. The zero-order valence-corrected chi connectivity index (χ0v) is 13.9. The normalized spacial score (nSPS) is 10.3. The molecule has 2 aromatic rings. The van der Waals surface area contributed by atoms with Gasteiger partial charge in [0, 0.05) is 22.0 Å². The molecule has 0 amide bonds. The summed E-state index contributed by atoms with van der Waals surface area (Å²) in [5.41, 5.74) is 0.827. The largest absolute Gasteiger partial charge is 0.456 e. The first-order valence-corrected chi connectivity index (χ1v) is 7.76. The van der Waals surface area contributed by atoms with Gasteiger partial charge >= 0.3 is 0 Å². The fourth-order valence-corrected chi connectivity index (χ4v) is 2.51. The van der Waals surface area contributed by atoms with E-state index >= 15 is 0 Å². The second-order valence-corrected chi connectivity index (χ2v) is 5.71. The summed E-state index contributed by atoms with van der Waals surface area (Å²) in [6.07, 6.45) is 0. The van der Waals surface area contributed by atoms with Crippen LogP contribution in [-0.4, -0.2) is 4.92 Å². The standard InChI is InChI=1S/C13H8Br2ClNO3/c14-7-8-5-9(16)1-4-12(8)20-13-6-10(17(18)19)2-3-11(13)15/h1-6H,7H2. The number of non-ortho nitro benzene ring substituents is 1. The smallest absolute Gasteiger partial charge is 0.273 e. The summed E-state index contributed by atoms with van der Waals surface area (Å²) in [7, 11) is 0. The van der Waals surface area contributed by atoms with Crippen molar-refractivity contribution in [3.8, 4) is 11.5 Å². The van der Waals surface area contributed by atoms with Crippen LogP contribution in [0, 0.1) is 10.1 Å². The minimum absolute atomic E-state index is 0.0300. The predicted octanol–water partition coefficient (Wildman–Crippen LogP) is 5.70. The molecule has 0 heterocycles. The Hall–Kier alpha value is -1.11. The van der Waals surface area contributed by atoms with Crippen LogP contribution in [0.4, 0.5) is 5.69 Å². The van der Waals surface area contributed by atoms with Gasteiger partial charge in [-0.2, -0.15) is 0 Å². The lowest BCUT2D eigenvalue weighted by molar-refractivity contribution is -0.384. The van der Waals surface area contributed by atoms with Crippen molar-refractivity contribution in [3.05, 3.63) is 61.6 Å². The number of rotatable bonds is 4. The number of nitrogens with zero attached hydrogens (tertiary/aromatic N) is 1. The maximum absolute atomic E-state index is 10.8. The van der Waals surface area contributed by atoms with Crippen molar-refractivity contribution in [1.29, 1.82) is 0 Å². The summed E-state index contributed by atoms with van der Waals surface area (Å²) in [5, 5.41) is 12.0. The Kier molecular flexibility index (Phi) is 5.01. The van der Waals surface area contributed by atoms with E-state index in [0.717, 1.165) is 5.56 Å². The summed E-state index contributed by atoms with van der Waals surface area (Å²) >= 11 is 12.6. The first-order chi connectivity index (χ1) is 9.51. The summed E-state index contributed by atoms with van der Waals surface area (Å²) in [5.74, 6) is 0.969. The highest BCUT2D eigenvalue weighted by Gasteiger charge is 2.13. The van der Waals surface area contributed by atoms with Crippen LogP contribution in [-0.2, 0) is 5.33 Å². The van der Waals surface area contributed by atoms with Gasteiger partial charge in [0.05, 0.1) is 15.5 Å². The predicted molar refractivity (Wildman–Crippen MR) is 85.0 cm³/mol. The third-order valence-electron chi connectivity index (χ3n) is 2.51. The molecule has 20 heavy (non-hydrogen) atoms. The van der Waals surface area contributed by atoms with Gasteiger partial charge < -0.3 is 4.74 Å². The van der Waals surface area contributed by atoms with Crippen LogP contribution in [0.25, 0.3) is 0 Å². The molecule has 0 aromatic heterocycles. The van der Waals surface area contributed by atoms with Gasteiger partial charge in [0.15, 0.2) is 0 Å². The van der Waals surface area contributed by atoms with Crippen LogP contribution >= 0.6 is 43.5 Å². The van der Waals surface area contributed by atoms with Crippen molar-refractivity contribution in [2.75, 3.05) is 0 Å². The Balaban J connectivity index is 2.39. The molecule has 7 heteroatoms. The van der Waals surface area contributed by atoms with E-state index < -0.39 is 4.92 Å². The molecule has 0 unspecified atom stereocenters. The first kappa shape index (κ1) is 15.3. The fraction of sp³-hybridized carbons (Fsp3) is 0.0769. The van der Waals surface area contributed by atoms with Crippen molar-refractivity contribution >= 4 is 49.1 Å². The molecule has 2 aromatic carbocycles. The quantitative estimate of drug-likeness (QED) is 0.362. The summed E-state index contributed by atoms with van der Waals surface area (Å²) < 4.78 is 6.37. The van der Waals surface area contributed by atoms with Crippen LogP contribution in [0.5, 0.6) is 11.5 Å². The number of alkyl halides is 1. The molecular weight excluding hydrogens is 413 g/mol. The lowest BCUT2D eigenvalue weighted by Crippen LogP contribution is -1.93. The molecule has 0 bridgehead atoms. The zero-order valence-electron chi connectivity index (χ0n) is 9.98. The summed E-state index contributed by atoms with van der Waals surface area (Å²) in [6, 6.07) is 9.56. The Morgan fingerprint density at radius 3 is 2.60 bits per heavy atom. The van der Waals surface area contributed by atoms with Crippen molar-refractivity contribution in [3.63, 3.8) is 0 Å². The van der Waals surface area contributed by atoms with Crippen LogP contribution in [0.15, 0.2) is 40.9 Å². The van der Waals surface area contributed by atoms with Gasteiger partial charge in [-0.1, -0.05) is 27.5 Å². The third-order valence-corrected chi connectivity index (χ3v) is 4.01. The van der Waals surface area contributed by atoms with Gasteiger partial charge in [0.2, 0.25) is 0 Å². The molecule has 0 spiro atoms. The SMILES string of the molecule is O=[N+]([O-])c1ccc(Br)c(Oc2ccc(Cl)cc2CBr)c1. The maximum Gasteiger partial charge on any atom is 0.273 e. The minimum Gasteiger partial charge on any atom is -0.456 e. The number of nitro benzene ring substituents is 1. The van der Waals surface area contributed by atoms with Gasteiger partial charge in [-0.25, -0.2) is 0 Å². The lowest BCUT2D eigenvalue weighted by Gasteiger charge is -2.11. The van der Waals surface area contributed by atoms with Crippen molar-refractivity contribution in [2.24, 2.45) is 0 Å². The molecule has 0 fully saturated rings. The Bertz CT molecular complexity index is 664. The molecule has 0 radical (unpaired) electrons. The van der Waals surface area contributed by atoms with Crippen LogP contribution in [0.1, 0.15) is 5.56 Å². The van der Waals surface area contributed by atoms with E-state index in [-0.39, 0.29) is 5.69 Å². The first-order valence-electron chi connectivity index (χ1n) is 5.47. The number of halogens is 3. The molecule has 0 N–H and O–H groups in total. The second-order valence-electron chi connectivity index (χ2n) is 3.86. The molecule has 0 saturated carbocycles. The van der Waals surface area contributed by atoms with Crippen LogP contribution < -0.4 is 4.74 Å². The highest BCUT2D eigenvalue weighted by molar-refractivity contribution is 9.10.